The SMILES string of the molecule is CC(C)[NH2+]C[C@@]1(O)CC[C@H]2[C@H]3CC[C@H]4CCCC[C@]4(C)[C@@H]3CC[C@@]21C. The van der Waals surface area contributed by atoms with E-state index in [-0.39, 0.29) is 5.41 Å². The molecule has 7 atom stereocenters. The fraction of sp³-hybridized carbons (Fsp3) is 1.00. The molecule has 4 fully saturated rings. The highest BCUT2D eigenvalue weighted by Crippen LogP contribution is 2.68. The predicted octanol–water partition coefficient (Wildman–Crippen LogP) is 4.12. The average Bonchev–Trinajstić information content (AvgIpc) is 2.84. The van der Waals surface area contributed by atoms with Gasteiger partial charge in [0.15, 0.2) is 0 Å². The highest BCUT2D eigenvalue weighted by molar-refractivity contribution is 5.13. The van der Waals surface area contributed by atoms with Crippen LogP contribution in [0.15, 0.2) is 0 Å². The molecule has 0 unspecified atom stereocenters. The quantitative estimate of drug-likeness (QED) is 0.791. The largest absolute Gasteiger partial charge is 0.383 e. The Morgan fingerprint density at radius 2 is 1.68 bits per heavy atom. The smallest absolute Gasteiger partial charge is 0.119 e. The zero-order valence-corrected chi connectivity index (χ0v) is 17.2. The number of hydrogen-bond donors (Lipinski definition) is 2. The zero-order valence-electron chi connectivity index (χ0n) is 17.2. The van der Waals surface area contributed by atoms with Gasteiger partial charge in [-0.1, -0.05) is 26.7 Å². The van der Waals surface area contributed by atoms with Gasteiger partial charge in [-0.2, -0.15) is 0 Å². The van der Waals surface area contributed by atoms with Gasteiger partial charge in [0, 0.05) is 5.41 Å². The van der Waals surface area contributed by atoms with Gasteiger partial charge in [-0.15, -0.1) is 0 Å². The van der Waals surface area contributed by atoms with Crippen molar-refractivity contribution in [1.82, 2.24) is 0 Å². The third-order valence-corrected chi connectivity index (χ3v) is 9.83. The molecule has 0 saturated heterocycles. The van der Waals surface area contributed by atoms with Crippen LogP contribution in [0.2, 0.25) is 0 Å². The summed E-state index contributed by atoms with van der Waals surface area (Å²) in [6.45, 7) is 10.5. The lowest BCUT2D eigenvalue weighted by Gasteiger charge is -2.61. The molecule has 4 aliphatic carbocycles. The third-order valence-electron chi connectivity index (χ3n) is 9.83. The molecule has 3 N–H and O–H groups in total. The van der Waals surface area contributed by atoms with Gasteiger partial charge in [-0.05, 0) is 94.3 Å². The van der Waals surface area contributed by atoms with Gasteiger partial charge in [0.05, 0.1) is 6.04 Å². The fourth-order valence-corrected chi connectivity index (χ4v) is 8.17. The number of rotatable bonds is 3. The minimum atomic E-state index is -0.433. The average molecular weight is 349 g/mol. The molecule has 2 nitrogen and oxygen atoms in total. The van der Waals surface area contributed by atoms with E-state index in [1.54, 1.807) is 0 Å². The molecule has 0 bridgehead atoms. The second kappa shape index (κ2) is 6.23. The summed E-state index contributed by atoms with van der Waals surface area (Å²) >= 11 is 0. The van der Waals surface area contributed by atoms with Crippen LogP contribution in [0.3, 0.4) is 0 Å². The zero-order chi connectivity index (χ0) is 17.9. The van der Waals surface area contributed by atoms with Gasteiger partial charge in [-0.25, -0.2) is 0 Å². The lowest BCUT2D eigenvalue weighted by molar-refractivity contribution is -0.696. The van der Waals surface area contributed by atoms with Gasteiger partial charge in [0.2, 0.25) is 0 Å². The van der Waals surface area contributed by atoms with Crippen LogP contribution in [0.5, 0.6) is 0 Å². The molecular weight excluding hydrogens is 306 g/mol. The minimum Gasteiger partial charge on any atom is -0.383 e. The minimum absolute atomic E-state index is 0.164. The molecule has 0 aromatic rings. The lowest BCUT2D eigenvalue weighted by atomic mass is 9.44. The van der Waals surface area contributed by atoms with Crippen LogP contribution in [0.25, 0.3) is 0 Å². The molecular formula is C23H42NO+. The second-order valence-corrected chi connectivity index (χ2v) is 11.1. The highest BCUT2D eigenvalue weighted by Gasteiger charge is 2.64. The standard InChI is InChI=1S/C23H41NO/c1-16(2)24-15-23(25)14-11-20-18-9-8-17-7-5-6-12-21(17,3)19(18)10-13-22(20,23)4/h16-20,24-25H,5-15H2,1-4H3/p+1/t17-,18+,19-,20+,21+,22+,23+/m1/s1. The molecule has 0 aliphatic heterocycles. The molecule has 4 saturated carbocycles. The van der Waals surface area contributed by atoms with E-state index in [2.05, 4.69) is 33.0 Å². The van der Waals surface area contributed by atoms with Crippen LogP contribution < -0.4 is 5.32 Å². The molecule has 144 valence electrons. The van der Waals surface area contributed by atoms with E-state index in [0.717, 1.165) is 36.6 Å². The second-order valence-electron chi connectivity index (χ2n) is 11.1. The van der Waals surface area contributed by atoms with Crippen molar-refractivity contribution in [3.05, 3.63) is 0 Å². The van der Waals surface area contributed by atoms with E-state index < -0.39 is 5.60 Å². The molecule has 0 radical (unpaired) electrons. The summed E-state index contributed by atoms with van der Waals surface area (Å²) in [5.74, 6) is 3.62. The first kappa shape index (κ1) is 18.3. The van der Waals surface area contributed by atoms with Crippen molar-refractivity contribution in [2.24, 2.45) is 34.5 Å². The van der Waals surface area contributed by atoms with Crippen molar-refractivity contribution in [1.29, 1.82) is 0 Å². The third kappa shape index (κ3) is 2.64. The van der Waals surface area contributed by atoms with Crippen LogP contribution in [0, 0.1) is 34.5 Å². The molecule has 0 spiro atoms. The number of quaternary nitrogens is 1. The summed E-state index contributed by atoms with van der Waals surface area (Å²) in [6.07, 6.45) is 13.8. The number of aliphatic hydroxyl groups is 1. The first-order valence-corrected chi connectivity index (χ1v) is 11.4. The monoisotopic (exact) mass is 348 g/mol. The Kier molecular flexibility index (Phi) is 4.56. The Morgan fingerprint density at radius 1 is 0.920 bits per heavy atom. The maximum atomic E-state index is 11.7. The summed E-state index contributed by atoms with van der Waals surface area (Å²) in [4.78, 5) is 0. The van der Waals surface area contributed by atoms with E-state index in [4.69, 9.17) is 0 Å². The molecule has 4 aliphatic rings. The fourth-order valence-electron chi connectivity index (χ4n) is 8.17. The molecule has 0 heterocycles. The van der Waals surface area contributed by atoms with Crippen LogP contribution in [-0.2, 0) is 0 Å². The summed E-state index contributed by atoms with van der Waals surface area (Å²) in [7, 11) is 0. The first-order chi connectivity index (χ1) is 11.8. The highest BCUT2D eigenvalue weighted by atomic mass is 16.3. The number of fused-ring (bicyclic) bond motifs is 5. The Morgan fingerprint density at radius 3 is 2.44 bits per heavy atom. The first-order valence-electron chi connectivity index (χ1n) is 11.4. The van der Waals surface area contributed by atoms with E-state index in [0.29, 0.717) is 11.5 Å². The molecule has 0 aromatic heterocycles. The number of nitrogens with two attached hydrogens (primary N) is 1. The molecule has 2 heteroatoms. The Balaban J connectivity index is 1.57. The van der Waals surface area contributed by atoms with E-state index in [1.807, 2.05) is 0 Å². The van der Waals surface area contributed by atoms with Gasteiger partial charge in [-0.3, -0.25) is 0 Å². The van der Waals surface area contributed by atoms with E-state index >= 15 is 0 Å². The van der Waals surface area contributed by atoms with Crippen molar-refractivity contribution < 1.29 is 10.4 Å². The topological polar surface area (TPSA) is 36.8 Å². The van der Waals surface area contributed by atoms with Crippen molar-refractivity contribution in [2.45, 2.75) is 104 Å². The van der Waals surface area contributed by atoms with Crippen molar-refractivity contribution in [2.75, 3.05) is 6.54 Å². The normalized spacial score (nSPS) is 52.6. The van der Waals surface area contributed by atoms with E-state index in [9.17, 15) is 5.11 Å². The van der Waals surface area contributed by atoms with Gasteiger partial charge in [0.25, 0.3) is 0 Å². The van der Waals surface area contributed by atoms with Gasteiger partial charge in [0.1, 0.15) is 12.1 Å². The molecule has 0 amide bonds. The maximum absolute atomic E-state index is 11.7. The molecule has 4 rings (SSSR count). The van der Waals surface area contributed by atoms with Crippen LogP contribution in [-0.4, -0.2) is 23.3 Å². The molecule has 0 aromatic carbocycles. The maximum Gasteiger partial charge on any atom is 0.119 e. The summed E-state index contributed by atoms with van der Waals surface area (Å²) in [5.41, 5.74) is 0.349. The van der Waals surface area contributed by atoms with Crippen LogP contribution in [0.1, 0.15) is 91.9 Å². The van der Waals surface area contributed by atoms with Crippen LogP contribution >= 0.6 is 0 Å². The Bertz CT molecular complexity index is 504. The summed E-state index contributed by atoms with van der Waals surface area (Å²) < 4.78 is 0. The Labute approximate surface area is 155 Å². The Hall–Kier alpha value is -0.0800. The van der Waals surface area contributed by atoms with Crippen molar-refractivity contribution >= 4 is 0 Å². The van der Waals surface area contributed by atoms with E-state index in [1.165, 1.54) is 57.8 Å². The molecule has 25 heavy (non-hydrogen) atoms. The lowest BCUT2D eigenvalue weighted by Crippen LogP contribution is -2.92. The van der Waals surface area contributed by atoms with Gasteiger partial charge < -0.3 is 10.4 Å². The van der Waals surface area contributed by atoms with Crippen molar-refractivity contribution in [3.8, 4) is 0 Å². The van der Waals surface area contributed by atoms with Crippen molar-refractivity contribution in [3.63, 3.8) is 0 Å². The van der Waals surface area contributed by atoms with Gasteiger partial charge >= 0.3 is 0 Å². The summed E-state index contributed by atoms with van der Waals surface area (Å²) in [5, 5.41) is 14.0. The number of hydrogen-bond acceptors (Lipinski definition) is 1. The predicted molar refractivity (Wildman–Crippen MR) is 103 cm³/mol. The van der Waals surface area contributed by atoms with Crippen LogP contribution in [0.4, 0.5) is 0 Å². The summed E-state index contributed by atoms with van der Waals surface area (Å²) in [6, 6.07) is 0.583.